The van der Waals surface area contributed by atoms with E-state index in [2.05, 4.69) is 15.4 Å². The maximum atomic E-state index is 11.5. The highest BCUT2D eigenvalue weighted by Crippen LogP contribution is 2.21. The Balaban J connectivity index is 0.00000400. The van der Waals surface area contributed by atoms with Gasteiger partial charge in [0.05, 0.1) is 30.8 Å². The van der Waals surface area contributed by atoms with Crippen molar-refractivity contribution in [3.8, 4) is 0 Å². The standard InChI is InChI=1S/C12H14ClN3O4.ClH/c1-20-12(19)8-3-2-7(4-9(8)13)16-11(18)6-15-10(17)5-14;/h2-4H,5-6,14H2,1H3,(H,15,17)(H,16,18);1H. The molecule has 9 heteroatoms. The molecule has 0 bridgehead atoms. The topological polar surface area (TPSA) is 111 Å². The molecule has 116 valence electrons. The van der Waals surface area contributed by atoms with Crippen LogP contribution in [0.15, 0.2) is 18.2 Å². The van der Waals surface area contributed by atoms with Gasteiger partial charge in [-0.2, -0.15) is 0 Å². The molecule has 4 N–H and O–H groups in total. The van der Waals surface area contributed by atoms with Gasteiger partial charge in [0.25, 0.3) is 0 Å². The number of benzene rings is 1. The van der Waals surface area contributed by atoms with E-state index in [1.165, 1.54) is 25.3 Å². The summed E-state index contributed by atoms with van der Waals surface area (Å²) in [5.41, 5.74) is 5.68. The van der Waals surface area contributed by atoms with E-state index < -0.39 is 17.8 Å². The molecule has 21 heavy (non-hydrogen) atoms. The monoisotopic (exact) mass is 335 g/mol. The first-order chi connectivity index (χ1) is 9.47. The third kappa shape index (κ3) is 5.99. The van der Waals surface area contributed by atoms with Crippen molar-refractivity contribution in [2.24, 2.45) is 5.73 Å². The van der Waals surface area contributed by atoms with Crippen LogP contribution in [-0.4, -0.2) is 38.0 Å². The second kappa shape index (κ2) is 9.17. The maximum absolute atomic E-state index is 11.5. The summed E-state index contributed by atoms with van der Waals surface area (Å²) in [5.74, 6) is -1.43. The molecule has 7 nitrogen and oxygen atoms in total. The van der Waals surface area contributed by atoms with Crippen LogP contribution in [0.4, 0.5) is 5.69 Å². The number of halogens is 2. The first kappa shape index (κ1) is 19.2. The molecule has 0 aliphatic rings. The summed E-state index contributed by atoms with van der Waals surface area (Å²) in [6.45, 7) is -0.390. The molecule has 0 aliphatic heterocycles. The molecule has 0 spiro atoms. The first-order valence-electron chi connectivity index (χ1n) is 5.62. The van der Waals surface area contributed by atoms with Gasteiger partial charge in [0, 0.05) is 5.69 Å². The Hall–Kier alpha value is -1.83. The summed E-state index contributed by atoms with van der Waals surface area (Å²) in [7, 11) is 1.24. The van der Waals surface area contributed by atoms with E-state index >= 15 is 0 Å². The SMILES string of the molecule is COC(=O)c1ccc(NC(=O)CNC(=O)CN)cc1Cl.Cl. The fourth-order valence-corrected chi connectivity index (χ4v) is 1.58. The molecule has 0 saturated carbocycles. The average molecular weight is 336 g/mol. The fourth-order valence-electron chi connectivity index (χ4n) is 1.32. The Morgan fingerprint density at radius 2 is 1.95 bits per heavy atom. The van der Waals surface area contributed by atoms with Crippen LogP contribution in [0.5, 0.6) is 0 Å². The van der Waals surface area contributed by atoms with Crippen molar-refractivity contribution in [1.29, 1.82) is 0 Å². The van der Waals surface area contributed by atoms with E-state index in [-0.39, 0.29) is 36.1 Å². The second-order valence-corrected chi connectivity index (χ2v) is 4.12. The molecule has 2 amide bonds. The van der Waals surface area contributed by atoms with Crippen molar-refractivity contribution in [3.05, 3.63) is 28.8 Å². The van der Waals surface area contributed by atoms with Gasteiger partial charge in [0.1, 0.15) is 0 Å². The van der Waals surface area contributed by atoms with Crippen LogP contribution in [0.2, 0.25) is 5.02 Å². The van der Waals surface area contributed by atoms with Gasteiger partial charge in [-0.15, -0.1) is 12.4 Å². The van der Waals surface area contributed by atoms with Gasteiger partial charge in [-0.25, -0.2) is 4.79 Å². The Morgan fingerprint density at radius 1 is 1.29 bits per heavy atom. The van der Waals surface area contributed by atoms with Crippen LogP contribution < -0.4 is 16.4 Å². The summed E-state index contributed by atoms with van der Waals surface area (Å²) in [5, 5.41) is 4.99. The fraction of sp³-hybridized carbons (Fsp3) is 0.250. The number of methoxy groups -OCH3 is 1. The minimum Gasteiger partial charge on any atom is -0.465 e. The lowest BCUT2D eigenvalue weighted by molar-refractivity contribution is -0.123. The minimum atomic E-state index is -0.567. The molecular weight excluding hydrogens is 321 g/mol. The zero-order valence-corrected chi connectivity index (χ0v) is 12.7. The van der Waals surface area contributed by atoms with E-state index in [1.807, 2.05) is 0 Å². The Bertz CT molecular complexity index is 537. The quantitative estimate of drug-likeness (QED) is 0.681. The highest BCUT2D eigenvalue weighted by atomic mass is 35.5. The smallest absolute Gasteiger partial charge is 0.339 e. The van der Waals surface area contributed by atoms with Gasteiger partial charge >= 0.3 is 5.97 Å². The van der Waals surface area contributed by atoms with Crippen molar-refractivity contribution in [1.82, 2.24) is 5.32 Å². The maximum Gasteiger partial charge on any atom is 0.339 e. The van der Waals surface area contributed by atoms with E-state index in [9.17, 15) is 14.4 Å². The van der Waals surface area contributed by atoms with Crippen LogP contribution >= 0.6 is 24.0 Å². The van der Waals surface area contributed by atoms with Crippen molar-refractivity contribution in [2.75, 3.05) is 25.5 Å². The molecule has 0 heterocycles. The van der Waals surface area contributed by atoms with Gasteiger partial charge in [0.2, 0.25) is 11.8 Å². The summed E-state index contributed by atoms with van der Waals surface area (Å²) in [6, 6.07) is 4.35. The summed E-state index contributed by atoms with van der Waals surface area (Å²) in [4.78, 5) is 33.7. The number of nitrogens with two attached hydrogens (primary N) is 1. The lowest BCUT2D eigenvalue weighted by atomic mass is 10.2. The van der Waals surface area contributed by atoms with E-state index in [1.54, 1.807) is 0 Å². The number of amides is 2. The zero-order chi connectivity index (χ0) is 15.1. The predicted octanol–water partition coefficient (Wildman–Crippen LogP) is 0.562. The molecule has 0 aliphatic carbocycles. The molecule has 0 radical (unpaired) electrons. The van der Waals surface area contributed by atoms with Crippen LogP contribution in [0.25, 0.3) is 0 Å². The molecule has 1 aromatic carbocycles. The number of carbonyl (C=O) groups is 3. The van der Waals surface area contributed by atoms with E-state index in [0.29, 0.717) is 5.69 Å². The van der Waals surface area contributed by atoms with Crippen molar-refractivity contribution in [3.63, 3.8) is 0 Å². The number of hydrogen-bond donors (Lipinski definition) is 3. The molecule has 1 rings (SSSR count). The summed E-state index contributed by atoms with van der Waals surface area (Å²) in [6.07, 6.45) is 0. The molecule has 0 aromatic heterocycles. The second-order valence-electron chi connectivity index (χ2n) is 3.72. The van der Waals surface area contributed by atoms with Gasteiger partial charge in [-0.3, -0.25) is 9.59 Å². The van der Waals surface area contributed by atoms with Gasteiger partial charge in [-0.1, -0.05) is 11.6 Å². The molecule has 0 fully saturated rings. The van der Waals surface area contributed by atoms with Gasteiger partial charge in [-0.05, 0) is 18.2 Å². The van der Waals surface area contributed by atoms with Gasteiger partial charge in [0.15, 0.2) is 0 Å². The van der Waals surface area contributed by atoms with Crippen LogP contribution in [0, 0.1) is 0 Å². The highest BCUT2D eigenvalue weighted by Gasteiger charge is 2.12. The zero-order valence-electron chi connectivity index (χ0n) is 11.1. The lowest BCUT2D eigenvalue weighted by Crippen LogP contribution is -2.36. The van der Waals surface area contributed by atoms with Crippen LogP contribution in [0.1, 0.15) is 10.4 Å². The van der Waals surface area contributed by atoms with Crippen LogP contribution in [0.3, 0.4) is 0 Å². The molecule has 0 atom stereocenters. The number of nitrogens with one attached hydrogen (secondary N) is 2. The number of carbonyl (C=O) groups excluding carboxylic acids is 3. The summed E-state index contributed by atoms with van der Waals surface area (Å²) < 4.78 is 4.55. The molecule has 1 aromatic rings. The van der Waals surface area contributed by atoms with Gasteiger partial charge < -0.3 is 21.1 Å². The van der Waals surface area contributed by atoms with E-state index in [4.69, 9.17) is 17.3 Å². The highest BCUT2D eigenvalue weighted by molar-refractivity contribution is 6.34. The number of esters is 1. The molecule has 0 saturated heterocycles. The summed E-state index contributed by atoms with van der Waals surface area (Å²) >= 11 is 5.90. The van der Waals surface area contributed by atoms with Crippen molar-refractivity contribution in [2.45, 2.75) is 0 Å². The largest absolute Gasteiger partial charge is 0.465 e. The minimum absolute atomic E-state index is 0. The molecule has 0 unspecified atom stereocenters. The first-order valence-corrected chi connectivity index (χ1v) is 6.00. The number of ether oxygens (including phenoxy) is 1. The normalized spacial score (nSPS) is 9.29. The number of hydrogen-bond acceptors (Lipinski definition) is 5. The van der Waals surface area contributed by atoms with Crippen molar-refractivity contribution >= 4 is 47.5 Å². The third-order valence-corrected chi connectivity index (χ3v) is 2.60. The van der Waals surface area contributed by atoms with Crippen LogP contribution in [-0.2, 0) is 14.3 Å². The number of rotatable bonds is 5. The Labute approximate surface area is 132 Å². The third-order valence-electron chi connectivity index (χ3n) is 2.29. The Morgan fingerprint density at radius 3 is 2.48 bits per heavy atom. The molecular formula is C12H15Cl2N3O4. The Kier molecular flexibility index (Phi) is 8.37. The van der Waals surface area contributed by atoms with Crippen molar-refractivity contribution < 1.29 is 19.1 Å². The average Bonchev–Trinajstić information content (AvgIpc) is 2.44. The number of anilines is 1. The lowest BCUT2D eigenvalue weighted by Gasteiger charge is -2.08. The van der Waals surface area contributed by atoms with E-state index in [0.717, 1.165) is 0 Å². The predicted molar refractivity (Wildman–Crippen MR) is 80.7 cm³/mol.